The summed E-state index contributed by atoms with van der Waals surface area (Å²) >= 11 is 0. The van der Waals surface area contributed by atoms with E-state index in [4.69, 9.17) is 4.74 Å². The van der Waals surface area contributed by atoms with Gasteiger partial charge in [0.2, 0.25) is 5.60 Å². The lowest BCUT2D eigenvalue weighted by Crippen LogP contribution is -3.00. The van der Waals surface area contributed by atoms with Crippen molar-refractivity contribution in [3.63, 3.8) is 0 Å². The van der Waals surface area contributed by atoms with Crippen LogP contribution in [-0.2, 0) is 15.1 Å². The standard InChI is InChI=1S/C22H25NO3.ClH/c1-23-18-12-13-19(23)15-20(14-18)26-21(24)22(25,16-8-4-2-5-9-16)17-10-6-3-7-11-17;/h2-11,18-20,25H,12-15H2,1H3;1H/p-1/t18-,19+,20?;. The maximum Gasteiger partial charge on any atom is 0.347 e. The number of nitrogens with zero attached hydrogens (tertiary/aromatic N) is 1. The Morgan fingerprint density at radius 3 is 1.85 bits per heavy atom. The summed E-state index contributed by atoms with van der Waals surface area (Å²) in [5.74, 6) is -0.580. The van der Waals surface area contributed by atoms with Crippen LogP contribution in [0.4, 0.5) is 0 Å². The average molecular weight is 387 g/mol. The molecule has 2 bridgehead atoms. The summed E-state index contributed by atoms with van der Waals surface area (Å²) in [5, 5.41) is 11.5. The fraction of sp³-hybridized carbons (Fsp3) is 0.409. The number of hydrogen-bond acceptors (Lipinski definition) is 4. The predicted octanol–water partition coefficient (Wildman–Crippen LogP) is 0.0949. The van der Waals surface area contributed by atoms with Crippen molar-refractivity contribution in [1.29, 1.82) is 0 Å². The molecule has 1 N–H and O–H groups in total. The Morgan fingerprint density at radius 1 is 0.963 bits per heavy atom. The summed E-state index contributed by atoms with van der Waals surface area (Å²) in [4.78, 5) is 15.6. The molecule has 2 heterocycles. The SMILES string of the molecule is CN1[C@@H]2CC[C@H]1CC(OC(=O)C(O)(c1ccccc1)c1ccccc1)C2.[Cl-]. The highest BCUT2D eigenvalue weighted by molar-refractivity contribution is 5.85. The Hall–Kier alpha value is -1.88. The first kappa shape index (κ1) is 19.9. The molecule has 0 amide bonds. The van der Waals surface area contributed by atoms with E-state index in [1.165, 1.54) is 0 Å². The summed E-state index contributed by atoms with van der Waals surface area (Å²) in [6.07, 6.45) is 3.89. The molecule has 2 fully saturated rings. The number of hydrogen-bond donors (Lipinski definition) is 1. The maximum absolute atomic E-state index is 13.2. The molecule has 0 saturated carbocycles. The molecule has 4 rings (SSSR count). The fourth-order valence-corrected chi connectivity index (χ4v) is 4.46. The molecule has 2 aromatic rings. The normalized spacial score (nSPS) is 24.9. The van der Waals surface area contributed by atoms with Crippen molar-refractivity contribution >= 4 is 5.97 Å². The van der Waals surface area contributed by atoms with Crippen molar-refractivity contribution in [2.45, 2.75) is 49.5 Å². The van der Waals surface area contributed by atoms with Crippen molar-refractivity contribution < 1.29 is 27.0 Å². The Balaban J connectivity index is 0.00000210. The van der Waals surface area contributed by atoms with Crippen LogP contribution in [0, 0.1) is 0 Å². The zero-order valence-corrected chi connectivity index (χ0v) is 16.2. The number of piperidine rings is 1. The Morgan fingerprint density at radius 2 is 1.41 bits per heavy atom. The summed E-state index contributed by atoms with van der Waals surface area (Å²) in [7, 11) is 2.16. The molecule has 144 valence electrons. The van der Waals surface area contributed by atoms with Gasteiger partial charge in [-0.15, -0.1) is 0 Å². The third-order valence-corrected chi connectivity index (χ3v) is 6.01. The monoisotopic (exact) mass is 386 g/mol. The molecule has 2 aliphatic heterocycles. The third-order valence-electron chi connectivity index (χ3n) is 6.01. The average Bonchev–Trinajstić information content (AvgIpc) is 2.89. The van der Waals surface area contributed by atoms with E-state index >= 15 is 0 Å². The van der Waals surface area contributed by atoms with Crippen LogP contribution >= 0.6 is 0 Å². The van der Waals surface area contributed by atoms with E-state index in [9.17, 15) is 9.90 Å². The quantitative estimate of drug-likeness (QED) is 0.757. The van der Waals surface area contributed by atoms with Crippen LogP contribution in [0.15, 0.2) is 60.7 Å². The van der Waals surface area contributed by atoms with Crippen LogP contribution < -0.4 is 12.4 Å². The van der Waals surface area contributed by atoms with Gasteiger partial charge in [-0.1, -0.05) is 60.7 Å². The zero-order valence-electron chi connectivity index (χ0n) is 15.4. The van der Waals surface area contributed by atoms with Gasteiger partial charge < -0.3 is 27.2 Å². The first-order valence-corrected chi connectivity index (χ1v) is 9.35. The van der Waals surface area contributed by atoms with E-state index in [2.05, 4.69) is 11.9 Å². The van der Waals surface area contributed by atoms with Crippen LogP contribution in [0.5, 0.6) is 0 Å². The van der Waals surface area contributed by atoms with Gasteiger partial charge >= 0.3 is 5.97 Å². The number of aliphatic hydroxyl groups is 1. The topological polar surface area (TPSA) is 49.8 Å². The van der Waals surface area contributed by atoms with Crippen molar-refractivity contribution in [3.8, 4) is 0 Å². The number of rotatable bonds is 4. The lowest BCUT2D eigenvalue weighted by molar-refractivity contribution is -0.171. The first-order valence-electron chi connectivity index (χ1n) is 9.35. The van der Waals surface area contributed by atoms with Gasteiger partial charge in [-0.3, -0.25) is 0 Å². The van der Waals surface area contributed by atoms with Gasteiger partial charge in [0.25, 0.3) is 0 Å². The highest BCUT2D eigenvalue weighted by atomic mass is 35.5. The number of halogens is 1. The minimum atomic E-state index is -1.79. The number of carbonyl (C=O) groups excluding carboxylic acids is 1. The zero-order chi connectivity index (χ0) is 18.1. The second-order valence-electron chi connectivity index (χ2n) is 7.49. The minimum Gasteiger partial charge on any atom is -1.00 e. The van der Waals surface area contributed by atoms with Gasteiger partial charge in [-0.2, -0.15) is 0 Å². The smallest absolute Gasteiger partial charge is 0.347 e. The van der Waals surface area contributed by atoms with Crippen LogP contribution in [0.25, 0.3) is 0 Å². The molecule has 1 unspecified atom stereocenters. The molecule has 5 heteroatoms. The van der Waals surface area contributed by atoms with E-state index in [-0.39, 0.29) is 18.5 Å². The molecule has 0 spiro atoms. The van der Waals surface area contributed by atoms with Gasteiger partial charge in [0.15, 0.2) is 0 Å². The molecule has 0 aromatic heterocycles. The summed E-state index contributed by atoms with van der Waals surface area (Å²) in [6.45, 7) is 0. The molecule has 4 nitrogen and oxygen atoms in total. The second kappa shape index (κ2) is 8.01. The van der Waals surface area contributed by atoms with E-state index in [0.717, 1.165) is 25.7 Å². The fourth-order valence-electron chi connectivity index (χ4n) is 4.46. The summed E-state index contributed by atoms with van der Waals surface area (Å²) in [5.41, 5.74) is -0.718. The molecule has 2 aliphatic rings. The molecule has 2 aromatic carbocycles. The lowest BCUT2D eigenvalue weighted by Gasteiger charge is -2.37. The first-order chi connectivity index (χ1) is 12.6. The van der Waals surface area contributed by atoms with Crippen LogP contribution in [0.3, 0.4) is 0 Å². The number of ether oxygens (including phenoxy) is 1. The number of esters is 1. The van der Waals surface area contributed by atoms with Crippen molar-refractivity contribution in [2.75, 3.05) is 7.05 Å². The number of benzene rings is 2. The molecule has 0 aliphatic carbocycles. The second-order valence-corrected chi connectivity index (χ2v) is 7.49. The van der Waals surface area contributed by atoms with E-state index in [1.54, 1.807) is 24.3 Å². The van der Waals surface area contributed by atoms with Gasteiger partial charge in [0.05, 0.1) is 0 Å². The van der Waals surface area contributed by atoms with E-state index in [0.29, 0.717) is 23.2 Å². The highest BCUT2D eigenvalue weighted by Crippen LogP contribution is 2.37. The Labute approximate surface area is 166 Å². The molecule has 27 heavy (non-hydrogen) atoms. The van der Waals surface area contributed by atoms with Gasteiger partial charge in [0, 0.05) is 12.1 Å². The molecular weight excluding hydrogens is 362 g/mol. The van der Waals surface area contributed by atoms with Crippen molar-refractivity contribution in [3.05, 3.63) is 71.8 Å². The molecular formula is C22H25ClNO3-. The third kappa shape index (κ3) is 3.62. The van der Waals surface area contributed by atoms with Crippen molar-refractivity contribution in [1.82, 2.24) is 4.90 Å². The summed E-state index contributed by atoms with van der Waals surface area (Å²) < 4.78 is 5.88. The largest absolute Gasteiger partial charge is 1.00 e. The maximum atomic E-state index is 13.2. The van der Waals surface area contributed by atoms with Gasteiger partial charge in [-0.05, 0) is 43.9 Å². The van der Waals surface area contributed by atoms with E-state index in [1.807, 2.05) is 36.4 Å². The number of fused-ring (bicyclic) bond motifs is 2. The summed E-state index contributed by atoms with van der Waals surface area (Å²) in [6, 6.07) is 19.1. The Bertz CT molecular complexity index is 714. The predicted molar refractivity (Wildman–Crippen MR) is 99.6 cm³/mol. The lowest BCUT2D eigenvalue weighted by atomic mass is 9.86. The van der Waals surface area contributed by atoms with Gasteiger partial charge in [0.1, 0.15) is 6.10 Å². The van der Waals surface area contributed by atoms with Crippen LogP contribution in [-0.4, -0.2) is 41.2 Å². The molecule has 0 radical (unpaired) electrons. The molecule has 3 atom stereocenters. The minimum absolute atomic E-state index is 0. The number of carbonyl (C=O) groups is 1. The van der Waals surface area contributed by atoms with Crippen LogP contribution in [0.2, 0.25) is 0 Å². The van der Waals surface area contributed by atoms with Crippen molar-refractivity contribution in [2.24, 2.45) is 0 Å². The Kier molecular flexibility index (Phi) is 5.89. The highest BCUT2D eigenvalue weighted by Gasteiger charge is 2.45. The molecule has 2 saturated heterocycles. The van der Waals surface area contributed by atoms with Gasteiger partial charge in [-0.25, -0.2) is 4.79 Å². The van der Waals surface area contributed by atoms with E-state index < -0.39 is 11.6 Å². The van der Waals surface area contributed by atoms with Crippen LogP contribution in [0.1, 0.15) is 36.8 Å².